The van der Waals surface area contributed by atoms with Crippen molar-refractivity contribution in [1.82, 2.24) is 5.32 Å². The minimum Gasteiger partial charge on any atom is -0.302 e. The molecular formula is C17H21Cl2NS. The summed E-state index contributed by atoms with van der Waals surface area (Å²) < 4.78 is 0. The van der Waals surface area contributed by atoms with E-state index >= 15 is 0 Å². The number of hydrogen-bond donors (Lipinski definition) is 1. The topological polar surface area (TPSA) is 12.0 Å². The van der Waals surface area contributed by atoms with Crippen LogP contribution in [0.4, 0.5) is 0 Å². The molecule has 0 aliphatic carbocycles. The first-order valence-electron chi connectivity index (χ1n) is 7.40. The van der Waals surface area contributed by atoms with Crippen LogP contribution >= 0.6 is 34.5 Å². The van der Waals surface area contributed by atoms with Crippen molar-refractivity contribution < 1.29 is 0 Å². The lowest BCUT2D eigenvalue weighted by molar-refractivity contribution is 0.417. The Balaban J connectivity index is 2.17. The average molecular weight is 342 g/mol. The van der Waals surface area contributed by atoms with Crippen LogP contribution in [0.3, 0.4) is 0 Å². The maximum Gasteiger partial charge on any atom is 0.0595 e. The Morgan fingerprint density at radius 1 is 1.10 bits per heavy atom. The molecule has 2 atom stereocenters. The summed E-state index contributed by atoms with van der Waals surface area (Å²) in [6.07, 6.45) is 3.31. The molecule has 1 N–H and O–H groups in total. The van der Waals surface area contributed by atoms with Crippen LogP contribution in [0.25, 0.3) is 0 Å². The highest BCUT2D eigenvalue weighted by molar-refractivity contribution is 7.10. The third kappa shape index (κ3) is 4.46. The van der Waals surface area contributed by atoms with Crippen molar-refractivity contribution in [1.29, 1.82) is 0 Å². The van der Waals surface area contributed by atoms with E-state index in [2.05, 4.69) is 42.7 Å². The van der Waals surface area contributed by atoms with Gasteiger partial charge in [-0.1, -0.05) is 55.6 Å². The van der Waals surface area contributed by atoms with Crippen LogP contribution < -0.4 is 5.32 Å². The van der Waals surface area contributed by atoms with Gasteiger partial charge in [-0.2, -0.15) is 0 Å². The van der Waals surface area contributed by atoms with Gasteiger partial charge in [-0.25, -0.2) is 0 Å². The fourth-order valence-electron chi connectivity index (χ4n) is 2.51. The molecule has 4 heteroatoms. The third-order valence-electron chi connectivity index (χ3n) is 3.62. The molecule has 21 heavy (non-hydrogen) atoms. The van der Waals surface area contributed by atoms with Crippen LogP contribution in [0.1, 0.15) is 55.6 Å². The largest absolute Gasteiger partial charge is 0.302 e. The number of thiophene rings is 1. The Labute approximate surface area is 141 Å². The normalized spacial score (nSPS) is 14.1. The maximum absolute atomic E-state index is 6.15. The van der Waals surface area contributed by atoms with Gasteiger partial charge in [0.15, 0.2) is 0 Å². The van der Waals surface area contributed by atoms with Gasteiger partial charge in [-0.15, -0.1) is 11.3 Å². The minimum absolute atomic E-state index is 0.290. The van der Waals surface area contributed by atoms with Crippen LogP contribution in [0.2, 0.25) is 10.0 Å². The molecule has 0 radical (unpaired) electrons. The summed E-state index contributed by atoms with van der Waals surface area (Å²) in [5, 5.41) is 7.15. The van der Waals surface area contributed by atoms with Crippen LogP contribution in [-0.4, -0.2) is 0 Å². The van der Waals surface area contributed by atoms with Crippen molar-refractivity contribution in [3.05, 3.63) is 56.2 Å². The molecule has 2 unspecified atom stereocenters. The smallest absolute Gasteiger partial charge is 0.0595 e. The highest BCUT2D eigenvalue weighted by Crippen LogP contribution is 2.31. The summed E-state index contributed by atoms with van der Waals surface area (Å²) in [4.78, 5) is 1.40. The maximum atomic E-state index is 6.15. The second-order valence-electron chi connectivity index (χ2n) is 5.16. The van der Waals surface area contributed by atoms with E-state index in [4.69, 9.17) is 23.2 Å². The van der Waals surface area contributed by atoms with Gasteiger partial charge in [0.25, 0.3) is 0 Å². The Morgan fingerprint density at radius 3 is 2.48 bits per heavy atom. The van der Waals surface area contributed by atoms with Gasteiger partial charge < -0.3 is 5.32 Å². The van der Waals surface area contributed by atoms with Crippen molar-refractivity contribution in [2.24, 2.45) is 0 Å². The molecular weight excluding hydrogens is 321 g/mol. The first-order valence-corrected chi connectivity index (χ1v) is 9.03. The van der Waals surface area contributed by atoms with Crippen molar-refractivity contribution in [3.8, 4) is 0 Å². The molecule has 0 amide bonds. The van der Waals surface area contributed by atoms with Crippen LogP contribution in [0, 0.1) is 0 Å². The average Bonchev–Trinajstić information content (AvgIpc) is 3.00. The molecule has 1 heterocycles. The van der Waals surface area contributed by atoms with Crippen molar-refractivity contribution in [2.45, 2.75) is 45.2 Å². The summed E-state index contributed by atoms with van der Waals surface area (Å²) in [5.74, 6) is 0. The van der Waals surface area contributed by atoms with Gasteiger partial charge in [0.05, 0.1) is 10.0 Å². The lowest BCUT2D eigenvalue weighted by Crippen LogP contribution is -2.25. The highest BCUT2D eigenvalue weighted by atomic mass is 35.5. The first kappa shape index (κ1) is 16.8. The second-order valence-corrected chi connectivity index (χ2v) is 6.95. The summed E-state index contributed by atoms with van der Waals surface area (Å²) in [6.45, 7) is 4.42. The van der Waals surface area contributed by atoms with E-state index in [-0.39, 0.29) is 0 Å². The molecule has 1 aromatic carbocycles. The molecule has 0 aliphatic heterocycles. The number of nitrogens with one attached hydrogen (secondary N) is 1. The van der Waals surface area contributed by atoms with E-state index in [1.165, 1.54) is 10.4 Å². The van der Waals surface area contributed by atoms with E-state index in [0.717, 1.165) is 19.3 Å². The number of halogens is 2. The quantitative estimate of drug-likeness (QED) is 0.595. The molecule has 1 aromatic heterocycles. The zero-order valence-corrected chi connectivity index (χ0v) is 14.7. The van der Waals surface area contributed by atoms with Crippen molar-refractivity contribution in [2.75, 3.05) is 0 Å². The molecule has 2 rings (SSSR count). The second kappa shape index (κ2) is 8.19. The van der Waals surface area contributed by atoms with Crippen LogP contribution in [0.15, 0.2) is 35.7 Å². The fraction of sp³-hybridized carbons (Fsp3) is 0.412. The predicted octanol–water partition coefficient (Wildman–Crippen LogP) is 6.64. The van der Waals surface area contributed by atoms with Gasteiger partial charge >= 0.3 is 0 Å². The Bertz CT molecular complexity index is 554. The van der Waals surface area contributed by atoms with Crippen LogP contribution in [-0.2, 0) is 0 Å². The number of benzene rings is 1. The molecule has 0 spiro atoms. The SMILES string of the molecule is CCCC(NC(CC)c1ccc(Cl)c(Cl)c1)c1cccs1. The lowest BCUT2D eigenvalue weighted by Gasteiger charge is -2.25. The zero-order valence-electron chi connectivity index (χ0n) is 12.4. The number of rotatable bonds is 7. The van der Waals surface area contributed by atoms with E-state index in [1.54, 1.807) is 0 Å². The summed E-state index contributed by atoms with van der Waals surface area (Å²) >= 11 is 14.0. The molecule has 0 saturated carbocycles. The summed E-state index contributed by atoms with van der Waals surface area (Å²) in [6, 6.07) is 10.9. The van der Waals surface area contributed by atoms with Gasteiger partial charge in [0.2, 0.25) is 0 Å². The third-order valence-corrected chi connectivity index (χ3v) is 5.35. The zero-order chi connectivity index (χ0) is 15.2. The van der Waals surface area contributed by atoms with Crippen LogP contribution in [0.5, 0.6) is 0 Å². The molecule has 0 bridgehead atoms. The molecule has 0 fully saturated rings. The minimum atomic E-state index is 0.290. The first-order chi connectivity index (χ1) is 10.2. The van der Waals surface area contributed by atoms with E-state index in [0.29, 0.717) is 22.1 Å². The van der Waals surface area contributed by atoms with Gasteiger partial charge in [-0.3, -0.25) is 0 Å². The Hall–Kier alpha value is -0.540. The monoisotopic (exact) mass is 341 g/mol. The fourth-order valence-corrected chi connectivity index (χ4v) is 3.64. The molecule has 0 aliphatic rings. The standard InChI is InChI=1S/C17H21Cl2NS/c1-3-6-16(17-7-5-10-21-17)20-15(4-2)12-8-9-13(18)14(19)11-12/h5,7-11,15-16,20H,3-4,6H2,1-2H3. The summed E-state index contributed by atoms with van der Waals surface area (Å²) in [5.41, 5.74) is 1.20. The van der Waals surface area contributed by atoms with Gasteiger partial charge in [0, 0.05) is 17.0 Å². The Kier molecular flexibility index (Phi) is 6.56. The highest BCUT2D eigenvalue weighted by Gasteiger charge is 2.18. The van der Waals surface area contributed by atoms with E-state index in [9.17, 15) is 0 Å². The predicted molar refractivity (Wildman–Crippen MR) is 94.6 cm³/mol. The van der Waals surface area contributed by atoms with Gasteiger partial charge in [0.1, 0.15) is 0 Å². The lowest BCUT2D eigenvalue weighted by atomic mass is 10.0. The van der Waals surface area contributed by atoms with E-state index < -0.39 is 0 Å². The summed E-state index contributed by atoms with van der Waals surface area (Å²) in [7, 11) is 0. The number of hydrogen-bond acceptors (Lipinski definition) is 2. The van der Waals surface area contributed by atoms with Gasteiger partial charge in [-0.05, 0) is 42.0 Å². The Morgan fingerprint density at radius 2 is 1.90 bits per heavy atom. The van der Waals surface area contributed by atoms with Crippen molar-refractivity contribution >= 4 is 34.5 Å². The molecule has 2 aromatic rings. The molecule has 1 nitrogen and oxygen atoms in total. The van der Waals surface area contributed by atoms with Crippen molar-refractivity contribution in [3.63, 3.8) is 0 Å². The van der Waals surface area contributed by atoms with E-state index in [1.807, 2.05) is 23.5 Å². The molecule has 114 valence electrons. The molecule has 0 saturated heterocycles.